The molecule has 0 radical (unpaired) electrons. The molecule has 140 valence electrons. The molecule has 26 heavy (non-hydrogen) atoms. The van der Waals surface area contributed by atoms with Gasteiger partial charge in [0.2, 0.25) is 11.8 Å². The van der Waals surface area contributed by atoms with Crippen LogP contribution in [0.1, 0.15) is 31.2 Å². The zero-order valence-electron chi connectivity index (χ0n) is 14.5. The Morgan fingerprint density at radius 2 is 1.96 bits per heavy atom. The zero-order valence-corrected chi connectivity index (χ0v) is 16.8. The van der Waals surface area contributed by atoms with Gasteiger partial charge in [0.15, 0.2) is 5.82 Å². The van der Waals surface area contributed by atoms with Gasteiger partial charge in [0.1, 0.15) is 5.76 Å². The maximum absolute atomic E-state index is 12.1. The molecular formula is C17H19Cl2N3O3S. The number of hydrogen-bond acceptors (Lipinski definition) is 5. The molecular weight excluding hydrogens is 397 g/mol. The Balaban J connectivity index is 1.79. The quantitative estimate of drug-likeness (QED) is 0.706. The Morgan fingerprint density at radius 3 is 2.58 bits per heavy atom. The molecule has 2 unspecified atom stereocenters. The van der Waals surface area contributed by atoms with Gasteiger partial charge in [-0.3, -0.25) is 9.59 Å². The van der Waals surface area contributed by atoms with Crippen molar-refractivity contribution in [3.63, 3.8) is 0 Å². The van der Waals surface area contributed by atoms with E-state index in [2.05, 4.69) is 15.8 Å². The summed E-state index contributed by atoms with van der Waals surface area (Å²) in [7, 11) is 0. The number of thioether (sulfide) groups is 1. The summed E-state index contributed by atoms with van der Waals surface area (Å²) in [6.07, 6.45) is 0. The molecule has 2 rings (SSSR count). The summed E-state index contributed by atoms with van der Waals surface area (Å²) in [5, 5.41) is 9.70. The standard InChI is InChI=1S/C17H19Cl2N3O3S/c1-9-6-15(22-25-9)21-17(24)11(3)26-8-16(23)20-10(2)12-4-5-13(18)14(19)7-12/h4-7,10-11H,8H2,1-3H3,(H,20,23)(H,21,22,24). The van der Waals surface area contributed by atoms with Crippen molar-refractivity contribution in [2.75, 3.05) is 11.1 Å². The lowest BCUT2D eigenvalue weighted by Gasteiger charge is -2.16. The first kappa shape index (κ1) is 20.6. The Kier molecular flexibility index (Phi) is 7.37. The lowest BCUT2D eigenvalue weighted by molar-refractivity contribution is -0.119. The number of carbonyl (C=O) groups is 2. The molecule has 0 bridgehead atoms. The van der Waals surface area contributed by atoms with E-state index < -0.39 is 5.25 Å². The van der Waals surface area contributed by atoms with Crippen molar-refractivity contribution in [3.05, 3.63) is 45.6 Å². The number of carbonyl (C=O) groups excluding carboxylic acids is 2. The van der Waals surface area contributed by atoms with E-state index in [4.69, 9.17) is 27.7 Å². The third-order valence-corrected chi connectivity index (χ3v) is 5.42. The van der Waals surface area contributed by atoms with Crippen LogP contribution in [0.25, 0.3) is 0 Å². The number of rotatable bonds is 7. The smallest absolute Gasteiger partial charge is 0.238 e. The van der Waals surface area contributed by atoms with Gasteiger partial charge in [-0.2, -0.15) is 0 Å². The second-order valence-electron chi connectivity index (χ2n) is 5.73. The first-order valence-corrected chi connectivity index (χ1v) is 9.67. The van der Waals surface area contributed by atoms with Gasteiger partial charge in [0.05, 0.1) is 27.1 Å². The van der Waals surface area contributed by atoms with Crippen molar-refractivity contribution in [1.82, 2.24) is 10.5 Å². The summed E-state index contributed by atoms with van der Waals surface area (Å²) in [5.74, 6) is 0.700. The van der Waals surface area contributed by atoms with Crippen LogP contribution in [0.15, 0.2) is 28.8 Å². The number of hydrogen-bond donors (Lipinski definition) is 2. The number of benzene rings is 1. The molecule has 2 aromatic rings. The SMILES string of the molecule is Cc1cc(NC(=O)C(C)SCC(=O)NC(C)c2ccc(Cl)c(Cl)c2)no1. The largest absolute Gasteiger partial charge is 0.360 e. The summed E-state index contributed by atoms with van der Waals surface area (Å²) < 4.78 is 4.89. The van der Waals surface area contributed by atoms with Crippen LogP contribution >= 0.6 is 35.0 Å². The Hall–Kier alpha value is -1.70. The predicted octanol–water partition coefficient (Wildman–Crippen LogP) is 4.23. The lowest BCUT2D eigenvalue weighted by atomic mass is 10.1. The van der Waals surface area contributed by atoms with Crippen LogP contribution < -0.4 is 10.6 Å². The van der Waals surface area contributed by atoms with Crippen LogP contribution in [0, 0.1) is 6.92 Å². The molecule has 1 aromatic carbocycles. The number of nitrogens with one attached hydrogen (secondary N) is 2. The average molecular weight is 416 g/mol. The number of halogens is 2. The van der Waals surface area contributed by atoms with Crippen molar-refractivity contribution in [2.45, 2.75) is 32.1 Å². The summed E-state index contributed by atoms with van der Waals surface area (Å²) >= 11 is 13.1. The predicted molar refractivity (Wildman–Crippen MR) is 105 cm³/mol. The monoisotopic (exact) mass is 415 g/mol. The molecule has 0 aliphatic heterocycles. The van der Waals surface area contributed by atoms with Crippen LogP contribution in [-0.4, -0.2) is 28.0 Å². The molecule has 6 nitrogen and oxygen atoms in total. The van der Waals surface area contributed by atoms with Crippen LogP contribution in [0.5, 0.6) is 0 Å². The van der Waals surface area contributed by atoms with Crippen LogP contribution in [-0.2, 0) is 9.59 Å². The third kappa shape index (κ3) is 5.93. The fourth-order valence-electron chi connectivity index (χ4n) is 2.08. The molecule has 9 heteroatoms. The van der Waals surface area contributed by atoms with E-state index in [0.717, 1.165) is 5.56 Å². The first-order valence-electron chi connectivity index (χ1n) is 7.86. The summed E-state index contributed by atoms with van der Waals surface area (Å²) in [4.78, 5) is 24.2. The average Bonchev–Trinajstić information content (AvgIpc) is 2.99. The molecule has 2 N–H and O–H groups in total. The topological polar surface area (TPSA) is 84.2 Å². The highest BCUT2D eigenvalue weighted by molar-refractivity contribution is 8.01. The number of amides is 2. The number of aromatic nitrogens is 1. The molecule has 0 aliphatic rings. The zero-order chi connectivity index (χ0) is 19.3. The fourth-order valence-corrected chi connectivity index (χ4v) is 3.08. The maximum Gasteiger partial charge on any atom is 0.238 e. The minimum Gasteiger partial charge on any atom is -0.360 e. The van der Waals surface area contributed by atoms with Crippen molar-refractivity contribution in [1.29, 1.82) is 0 Å². The summed E-state index contributed by atoms with van der Waals surface area (Å²) in [5.41, 5.74) is 0.852. The van der Waals surface area contributed by atoms with E-state index in [1.807, 2.05) is 13.0 Å². The van der Waals surface area contributed by atoms with Crippen LogP contribution in [0.3, 0.4) is 0 Å². The highest BCUT2D eigenvalue weighted by atomic mass is 35.5. The van der Waals surface area contributed by atoms with E-state index in [9.17, 15) is 9.59 Å². The second kappa shape index (κ2) is 9.30. The highest BCUT2D eigenvalue weighted by Gasteiger charge is 2.18. The van der Waals surface area contributed by atoms with Gasteiger partial charge in [-0.1, -0.05) is 34.4 Å². The van der Waals surface area contributed by atoms with E-state index in [-0.39, 0.29) is 23.6 Å². The molecule has 1 heterocycles. The summed E-state index contributed by atoms with van der Waals surface area (Å²) in [6.45, 7) is 5.31. The van der Waals surface area contributed by atoms with Gasteiger partial charge in [-0.25, -0.2) is 0 Å². The molecule has 0 spiro atoms. The van der Waals surface area contributed by atoms with E-state index in [1.54, 1.807) is 32.0 Å². The van der Waals surface area contributed by atoms with Gasteiger partial charge in [0, 0.05) is 6.07 Å². The Bertz CT molecular complexity index is 797. The second-order valence-corrected chi connectivity index (χ2v) is 7.87. The van der Waals surface area contributed by atoms with Crippen LogP contribution in [0.4, 0.5) is 5.82 Å². The van der Waals surface area contributed by atoms with Gasteiger partial charge in [0.25, 0.3) is 0 Å². The molecule has 2 amide bonds. The van der Waals surface area contributed by atoms with E-state index >= 15 is 0 Å². The Labute approximate surface area is 166 Å². The first-order chi connectivity index (χ1) is 12.3. The van der Waals surface area contributed by atoms with Gasteiger partial charge < -0.3 is 15.2 Å². The Morgan fingerprint density at radius 1 is 1.23 bits per heavy atom. The van der Waals surface area contributed by atoms with Crippen molar-refractivity contribution < 1.29 is 14.1 Å². The fraction of sp³-hybridized carbons (Fsp3) is 0.353. The molecule has 1 aromatic heterocycles. The van der Waals surface area contributed by atoms with E-state index in [0.29, 0.717) is 21.6 Å². The number of anilines is 1. The van der Waals surface area contributed by atoms with Gasteiger partial charge in [-0.15, -0.1) is 11.8 Å². The van der Waals surface area contributed by atoms with Gasteiger partial charge in [-0.05, 0) is 38.5 Å². The minimum absolute atomic E-state index is 0.151. The normalized spacial score (nSPS) is 13.1. The number of nitrogens with zero attached hydrogens (tertiary/aromatic N) is 1. The van der Waals surface area contributed by atoms with Crippen molar-refractivity contribution >= 4 is 52.6 Å². The molecule has 0 saturated heterocycles. The summed E-state index contributed by atoms with van der Waals surface area (Å²) in [6, 6.07) is 6.62. The van der Waals surface area contributed by atoms with Crippen molar-refractivity contribution in [3.8, 4) is 0 Å². The van der Waals surface area contributed by atoms with Gasteiger partial charge >= 0.3 is 0 Å². The molecule has 2 atom stereocenters. The van der Waals surface area contributed by atoms with Crippen molar-refractivity contribution in [2.24, 2.45) is 0 Å². The maximum atomic E-state index is 12.1. The molecule has 0 aliphatic carbocycles. The van der Waals surface area contributed by atoms with Crippen LogP contribution in [0.2, 0.25) is 10.0 Å². The number of aryl methyl sites for hydroxylation is 1. The molecule has 0 saturated carbocycles. The minimum atomic E-state index is -0.418. The van der Waals surface area contributed by atoms with E-state index in [1.165, 1.54) is 11.8 Å². The lowest BCUT2D eigenvalue weighted by Crippen LogP contribution is -2.30. The highest BCUT2D eigenvalue weighted by Crippen LogP contribution is 2.25. The third-order valence-electron chi connectivity index (χ3n) is 3.53. The molecule has 0 fully saturated rings.